The normalized spacial score (nSPS) is 21.0. The number of hydrogen-bond acceptors (Lipinski definition) is 2. The molecule has 2 saturated carbocycles. The average molecular weight is 403 g/mol. The van der Waals surface area contributed by atoms with Gasteiger partial charge >= 0.3 is 5.97 Å². The molecule has 0 atom stereocenters. The van der Waals surface area contributed by atoms with E-state index in [9.17, 15) is 9.90 Å². The topological polar surface area (TPSA) is 57.5 Å². The van der Waals surface area contributed by atoms with Gasteiger partial charge in [-0.2, -0.15) is 0 Å². The van der Waals surface area contributed by atoms with Gasteiger partial charge in [0.1, 0.15) is 5.75 Å². The molecule has 3 heteroatoms. The second-order valence-electron chi connectivity index (χ2n) is 8.59. The molecule has 2 aromatic carbocycles. The van der Waals surface area contributed by atoms with E-state index >= 15 is 0 Å². The Kier molecular flexibility index (Phi) is 6.37. The van der Waals surface area contributed by atoms with Crippen molar-refractivity contribution < 1.29 is 15.0 Å². The van der Waals surface area contributed by atoms with Crippen molar-refractivity contribution in [2.45, 2.75) is 51.4 Å². The highest BCUT2D eigenvalue weighted by atomic mass is 16.4. The highest BCUT2D eigenvalue weighted by Gasteiger charge is 2.33. The molecule has 2 fully saturated rings. The van der Waals surface area contributed by atoms with Gasteiger partial charge in [-0.05, 0) is 78.3 Å². The van der Waals surface area contributed by atoms with Crippen molar-refractivity contribution in [2.24, 2.45) is 11.8 Å². The summed E-state index contributed by atoms with van der Waals surface area (Å²) in [6, 6.07) is 16.3. The van der Waals surface area contributed by atoms with Gasteiger partial charge in [-0.25, -0.2) is 0 Å². The van der Waals surface area contributed by atoms with Crippen molar-refractivity contribution in [1.82, 2.24) is 0 Å². The van der Waals surface area contributed by atoms with Crippen LogP contribution >= 0.6 is 0 Å². The smallest absolute Gasteiger partial charge is 0.303 e. The highest BCUT2D eigenvalue weighted by Crippen LogP contribution is 2.48. The molecule has 2 bridgehead atoms. The van der Waals surface area contributed by atoms with Crippen LogP contribution < -0.4 is 0 Å². The quantitative estimate of drug-likeness (QED) is 0.567. The molecule has 3 nitrogen and oxygen atoms in total. The third-order valence-electron chi connectivity index (χ3n) is 6.57. The van der Waals surface area contributed by atoms with Crippen LogP contribution in [-0.2, 0) is 4.79 Å². The standard InChI is InChI=1S/C27H30O3/c28-24-17-15-23(16-18-24)27(26-20-6-3-7-21(26)9-4-8-20)22-13-11-19(12-14-22)5-1-2-10-25(29)30/h1,5,11-18,20-21,28H,2-4,6-10H2,(H,29,30)/b5-1+,27-26?. The Balaban J connectivity index is 1.69. The number of fused-ring (bicyclic) bond motifs is 2. The SMILES string of the molecule is O=C(O)CC/C=C/c1ccc(C(=C2C3CCCC2CCC3)c2ccc(O)cc2)cc1. The Hall–Kier alpha value is -2.81. The first-order chi connectivity index (χ1) is 14.6. The van der Waals surface area contributed by atoms with E-state index in [0.29, 0.717) is 24.0 Å². The van der Waals surface area contributed by atoms with Crippen molar-refractivity contribution in [1.29, 1.82) is 0 Å². The summed E-state index contributed by atoms with van der Waals surface area (Å²) < 4.78 is 0. The predicted octanol–water partition coefficient (Wildman–Crippen LogP) is 6.67. The van der Waals surface area contributed by atoms with Gasteiger partial charge in [0.25, 0.3) is 0 Å². The van der Waals surface area contributed by atoms with Crippen LogP contribution in [0.1, 0.15) is 68.1 Å². The number of aromatic hydroxyl groups is 1. The number of allylic oxidation sites excluding steroid dienone is 2. The zero-order valence-corrected chi connectivity index (χ0v) is 17.4. The van der Waals surface area contributed by atoms with E-state index in [2.05, 4.69) is 24.3 Å². The minimum absolute atomic E-state index is 0.161. The van der Waals surface area contributed by atoms with Gasteiger partial charge in [-0.1, -0.05) is 67.0 Å². The second-order valence-corrected chi connectivity index (χ2v) is 8.59. The molecular weight excluding hydrogens is 372 g/mol. The molecule has 0 spiro atoms. The predicted molar refractivity (Wildman–Crippen MR) is 121 cm³/mol. The lowest BCUT2D eigenvalue weighted by molar-refractivity contribution is -0.136. The maximum absolute atomic E-state index is 10.7. The van der Waals surface area contributed by atoms with E-state index in [1.807, 2.05) is 24.3 Å². The van der Waals surface area contributed by atoms with E-state index in [4.69, 9.17) is 5.11 Å². The Bertz CT molecular complexity index is 911. The van der Waals surface area contributed by atoms with Crippen molar-refractivity contribution >= 4 is 17.6 Å². The number of rotatable bonds is 6. The molecule has 156 valence electrons. The molecule has 0 unspecified atom stereocenters. The fourth-order valence-corrected chi connectivity index (χ4v) is 5.19. The summed E-state index contributed by atoms with van der Waals surface area (Å²) in [4.78, 5) is 10.7. The molecule has 2 aliphatic rings. The molecule has 2 aromatic rings. The third-order valence-corrected chi connectivity index (χ3v) is 6.57. The monoisotopic (exact) mass is 402 g/mol. The highest BCUT2D eigenvalue weighted by molar-refractivity contribution is 5.83. The average Bonchev–Trinajstić information content (AvgIpc) is 2.73. The number of carboxylic acids is 1. The van der Waals surface area contributed by atoms with Crippen LogP contribution in [0.15, 0.2) is 60.2 Å². The zero-order valence-electron chi connectivity index (χ0n) is 17.4. The summed E-state index contributed by atoms with van der Waals surface area (Å²) in [5, 5.41) is 18.6. The van der Waals surface area contributed by atoms with Crippen LogP contribution in [0.3, 0.4) is 0 Å². The Morgan fingerprint density at radius 1 is 0.867 bits per heavy atom. The van der Waals surface area contributed by atoms with Gasteiger partial charge < -0.3 is 10.2 Å². The summed E-state index contributed by atoms with van der Waals surface area (Å²) in [7, 11) is 0. The Morgan fingerprint density at radius 2 is 1.40 bits per heavy atom. The van der Waals surface area contributed by atoms with Gasteiger partial charge in [0.2, 0.25) is 0 Å². The van der Waals surface area contributed by atoms with Crippen molar-refractivity contribution in [3.63, 3.8) is 0 Å². The molecule has 0 amide bonds. The first kappa shape index (κ1) is 20.5. The molecule has 0 saturated heterocycles. The summed E-state index contributed by atoms with van der Waals surface area (Å²) >= 11 is 0. The van der Waals surface area contributed by atoms with Gasteiger partial charge in [0.05, 0.1) is 0 Å². The lowest BCUT2D eigenvalue weighted by Gasteiger charge is -2.39. The number of phenols is 1. The van der Waals surface area contributed by atoms with Gasteiger partial charge in [-0.3, -0.25) is 4.79 Å². The summed E-state index contributed by atoms with van der Waals surface area (Å²) in [5.41, 5.74) is 6.49. The van der Waals surface area contributed by atoms with Gasteiger partial charge in [0.15, 0.2) is 0 Å². The fourth-order valence-electron chi connectivity index (χ4n) is 5.19. The van der Waals surface area contributed by atoms with Crippen molar-refractivity contribution in [2.75, 3.05) is 0 Å². The maximum atomic E-state index is 10.7. The third kappa shape index (κ3) is 4.67. The minimum atomic E-state index is -0.766. The van der Waals surface area contributed by atoms with Crippen LogP contribution in [0.4, 0.5) is 0 Å². The molecule has 0 heterocycles. The first-order valence-electron chi connectivity index (χ1n) is 11.1. The lowest BCUT2D eigenvalue weighted by Crippen LogP contribution is -2.25. The molecule has 0 radical (unpaired) electrons. The molecule has 4 rings (SSSR count). The van der Waals surface area contributed by atoms with E-state index in [1.54, 1.807) is 17.7 Å². The van der Waals surface area contributed by atoms with Gasteiger partial charge in [0, 0.05) is 6.42 Å². The van der Waals surface area contributed by atoms with E-state index in [1.165, 1.54) is 55.2 Å². The largest absolute Gasteiger partial charge is 0.508 e. The van der Waals surface area contributed by atoms with E-state index in [-0.39, 0.29) is 6.42 Å². The first-order valence-corrected chi connectivity index (χ1v) is 11.1. The summed E-state index contributed by atoms with van der Waals surface area (Å²) in [6.07, 6.45) is 12.5. The molecule has 2 N–H and O–H groups in total. The van der Waals surface area contributed by atoms with E-state index in [0.717, 1.165) is 5.56 Å². The van der Waals surface area contributed by atoms with Crippen molar-refractivity contribution in [3.05, 3.63) is 76.9 Å². The second kappa shape index (κ2) is 9.34. The van der Waals surface area contributed by atoms with Crippen LogP contribution in [-0.4, -0.2) is 16.2 Å². The number of carboxylic acid groups (broad SMARTS) is 1. The lowest BCUT2D eigenvalue weighted by atomic mass is 9.65. The number of phenolic OH excluding ortho intramolecular Hbond substituents is 1. The number of aliphatic carboxylic acids is 1. The van der Waals surface area contributed by atoms with Crippen LogP contribution in [0.25, 0.3) is 11.6 Å². The molecular formula is C27H30O3. The zero-order chi connectivity index (χ0) is 20.9. The van der Waals surface area contributed by atoms with Crippen LogP contribution in [0, 0.1) is 11.8 Å². The Labute approximate surface area is 178 Å². The van der Waals surface area contributed by atoms with Crippen molar-refractivity contribution in [3.8, 4) is 5.75 Å². The molecule has 30 heavy (non-hydrogen) atoms. The van der Waals surface area contributed by atoms with Crippen LogP contribution in [0.2, 0.25) is 0 Å². The number of benzene rings is 2. The summed E-state index contributed by atoms with van der Waals surface area (Å²) in [6.45, 7) is 0. The molecule has 2 aliphatic carbocycles. The van der Waals surface area contributed by atoms with Gasteiger partial charge in [-0.15, -0.1) is 0 Å². The minimum Gasteiger partial charge on any atom is -0.508 e. The van der Waals surface area contributed by atoms with E-state index < -0.39 is 5.97 Å². The molecule has 0 aliphatic heterocycles. The summed E-state index contributed by atoms with van der Waals surface area (Å²) in [5.74, 6) is 0.890. The van der Waals surface area contributed by atoms with Crippen LogP contribution in [0.5, 0.6) is 5.75 Å². The number of hydrogen-bond donors (Lipinski definition) is 2. The Morgan fingerprint density at radius 3 is 1.93 bits per heavy atom. The number of carbonyl (C=O) groups is 1. The molecule has 0 aromatic heterocycles. The fraction of sp³-hybridized carbons (Fsp3) is 0.370. The maximum Gasteiger partial charge on any atom is 0.303 e.